The van der Waals surface area contributed by atoms with Crippen molar-refractivity contribution in [1.82, 2.24) is 10.2 Å². The zero-order valence-corrected chi connectivity index (χ0v) is 12.1. The van der Waals surface area contributed by atoms with E-state index in [1.807, 2.05) is 11.4 Å². The Morgan fingerprint density at radius 2 is 2.15 bits per heavy atom. The number of hydrogen-bond acceptors (Lipinski definition) is 4. The molecule has 1 heterocycles. The van der Waals surface area contributed by atoms with Gasteiger partial charge < -0.3 is 15.3 Å². The Morgan fingerprint density at radius 1 is 1.45 bits per heavy atom. The monoisotopic (exact) mass is 296 g/mol. The first-order valence-electron chi connectivity index (χ1n) is 5.85. The van der Waals surface area contributed by atoms with Gasteiger partial charge in [-0.25, -0.2) is 4.79 Å². The molecule has 20 heavy (non-hydrogen) atoms. The van der Waals surface area contributed by atoms with E-state index in [0.29, 0.717) is 6.54 Å². The molecule has 1 aromatic heterocycles. The molecule has 108 valence electrons. The molecule has 0 aliphatic rings. The van der Waals surface area contributed by atoms with Gasteiger partial charge in [0.1, 0.15) is 0 Å². The standard InChI is InChI=1S/C13H16N2O4S/c1-9(16)14-6-12(17)15(2)7-10-5-11(20-8-10)3-4-13(18)19/h3-5,8H,6-7H2,1-2H3,(H,14,16)(H,18,19). The SMILES string of the molecule is CC(=O)NCC(=O)N(C)Cc1csc(C=CC(=O)O)c1. The van der Waals surface area contributed by atoms with E-state index >= 15 is 0 Å². The van der Waals surface area contributed by atoms with E-state index in [4.69, 9.17) is 5.11 Å². The second kappa shape index (κ2) is 7.44. The molecule has 2 amide bonds. The second-order valence-electron chi connectivity index (χ2n) is 4.19. The first kappa shape index (κ1) is 15.9. The van der Waals surface area contributed by atoms with Crippen LogP contribution in [0.3, 0.4) is 0 Å². The number of thiophene rings is 1. The van der Waals surface area contributed by atoms with Crippen molar-refractivity contribution in [1.29, 1.82) is 0 Å². The molecule has 6 nitrogen and oxygen atoms in total. The molecule has 0 radical (unpaired) electrons. The predicted octanol–water partition coefficient (Wildman–Crippen LogP) is 0.940. The number of aliphatic carboxylic acids is 1. The lowest BCUT2D eigenvalue weighted by molar-refractivity contribution is -0.132. The van der Waals surface area contributed by atoms with Crippen LogP contribution in [0.15, 0.2) is 17.5 Å². The van der Waals surface area contributed by atoms with Gasteiger partial charge in [0.25, 0.3) is 0 Å². The smallest absolute Gasteiger partial charge is 0.328 e. The summed E-state index contributed by atoms with van der Waals surface area (Å²) < 4.78 is 0. The normalized spacial score (nSPS) is 10.5. The van der Waals surface area contributed by atoms with Gasteiger partial charge >= 0.3 is 5.97 Å². The van der Waals surface area contributed by atoms with Gasteiger partial charge in [-0.15, -0.1) is 11.3 Å². The molecule has 0 fully saturated rings. The van der Waals surface area contributed by atoms with Gasteiger partial charge in [-0.05, 0) is 23.1 Å². The number of nitrogens with one attached hydrogen (secondary N) is 1. The highest BCUT2D eigenvalue weighted by molar-refractivity contribution is 7.11. The average Bonchev–Trinajstić information content (AvgIpc) is 2.81. The zero-order valence-electron chi connectivity index (χ0n) is 11.3. The van der Waals surface area contributed by atoms with Crippen LogP contribution in [0, 0.1) is 0 Å². The van der Waals surface area contributed by atoms with Crippen LogP contribution in [-0.4, -0.2) is 41.4 Å². The fraction of sp³-hybridized carbons (Fsp3) is 0.308. The van der Waals surface area contributed by atoms with Gasteiger partial charge in [-0.3, -0.25) is 9.59 Å². The highest BCUT2D eigenvalue weighted by Gasteiger charge is 2.10. The van der Waals surface area contributed by atoms with E-state index in [2.05, 4.69) is 5.32 Å². The summed E-state index contributed by atoms with van der Waals surface area (Å²) in [4.78, 5) is 35.1. The van der Waals surface area contributed by atoms with Gasteiger partial charge in [-0.2, -0.15) is 0 Å². The Hall–Kier alpha value is -2.15. The fourth-order valence-electron chi connectivity index (χ4n) is 1.42. The second-order valence-corrected chi connectivity index (χ2v) is 5.13. The Kier molecular flexibility index (Phi) is 5.92. The molecule has 0 spiro atoms. The number of carboxylic acids is 1. The molecule has 0 aliphatic carbocycles. The maximum atomic E-state index is 11.7. The van der Waals surface area contributed by atoms with E-state index in [0.717, 1.165) is 16.5 Å². The van der Waals surface area contributed by atoms with Crippen LogP contribution in [0.1, 0.15) is 17.4 Å². The van der Waals surface area contributed by atoms with Crippen molar-refractivity contribution in [2.45, 2.75) is 13.5 Å². The third-order valence-electron chi connectivity index (χ3n) is 2.40. The first-order valence-corrected chi connectivity index (χ1v) is 6.73. The summed E-state index contributed by atoms with van der Waals surface area (Å²) in [6, 6.07) is 1.83. The summed E-state index contributed by atoms with van der Waals surface area (Å²) in [5.74, 6) is -1.43. The molecule has 0 bridgehead atoms. The number of rotatable bonds is 6. The van der Waals surface area contributed by atoms with E-state index in [1.165, 1.54) is 29.2 Å². The lowest BCUT2D eigenvalue weighted by Gasteiger charge is -2.16. The van der Waals surface area contributed by atoms with Crippen LogP contribution in [-0.2, 0) is 20.9 Å². The van der Waals surface area contributed by atoms with Crippen LogP contribution in [0.5, 0.6) is 0 Å². The van der Waals surface area contributed by atoms with Crippen molar-refractivity contribution in [3.8, 4) is 0 Å². The average molecular weight is 296 g/mol. The molecule has 0 saturated heterocycles. The minimum absolute atomic E-state index is 0.0260. The Balaban J connectivity index is 2.53. The van der Waals surface area contributed by atoms with E-state index in [1.54, 1.807) is 7.05 Å². The number of carbonyl (C=O) groups excluding carboxylic acids is 2. The van der Waals surface area contributed by atoms with Crippen molar-refractivity contribution < 1.29 is 19.5 Å². The number of likely N-dealkylation sites (N-methyl/N-ethyl adjacent to an activating group) is 1. The third-order valence-corrected chi connectivity index (χ3v) is 3.34. The van der Waals surface area contributed by atoms with E-state index in [-0.39, 0.29) is 18.4 Å². The molecule has 1 aromatic rings. The minimum Gasteiger partial charge on any atom is -0.478 e. The topological polar surface area (TPSA) is 86.7 Å². The molecular weight excluding hydrogens is 280 g/mol. The number of carboxylic acid groups (broad SMARTS) is 1. The van der Waals surface area contributed by atoms with Crippen molar-refractivity contribution >= 4 is 35.2 Å². The molecular formula is C13H16N2O4S. The number of carbonyl (C=O) groups is 3. The summed E-state index contributed by atoms with van der Waals surface area (Å²) in [6.45, 7) is 1.74. The molecule has 2 N–H and O–H groups in total. The van der Waals surface area contributed by atoms with Gasteiger partial charge in [0, 0.05) is 31.5 Å². The number of amides is 2. The van der Waals surface area contributed by atoms with Crippen molar-refractivity contribution in [2.24, 2.45) is 0 Å². The molecule has 1 rings (SSSR count). The summed E-state index contributed by atoms with van der Waals surface area (Å²) >= 11 is 1.41. The van der Waals surface area contributed by atoms with Crippen LogP contribution in [0.2, 0.25) is 0 Å². The summed E-state index contributed by atoms with van der Waals surface area (Å²) in [6.07, 6.45) is 2.58. The van der Waals surface area contributed by atoms with Crippen molar-refractivity contribution in [2.75, 3.05) is 13.6 Å². The van der Waals surface area contributed by atoms with Gasteiger partial charge in [-0.1, -0.05) is 0 Å². The quantitative estimate of drug-likeness (QED) is 0.765. The molecule has 0 aromatic carbocycles. The highest BCUT2D eigenvalue weighted by atomic mass is 32.1. The molecule has 0 atom stereocenters. The van der Waals surface area contributed by atoms with Crippen molar-refractivity contribution in [3.63, 3.8) is 0 Å². The summed E-state index contributed by atoms with van der Waals surface area (Å²) in [5.41, 5.74) is 0.915. The first-order chi connectivity index (χ1) is 9.38. The summed E-state index contributed by atoms with van der Waals surface area (Å²) in [5, 5.41) is 12.8. The van der Waals surface area contributed by atoms with Crippen molar-refractivity contribution in [3.05, 3.63) is 28.0 Å². The predicted molar refractivity (Wildman–Crippen MR) is 76.1 cm³/mol. The maximum absolute atomic E-state index is 11.7. The third kappa shape index (κ3) is 5.66. The molecule has 0 saturated carbocycles. The highest BCUT2D eigenvalue weighted by Crippen LogP contribution is 2.17. The molecule has 0 aliphatic heterocycles. The zero-order chi connectivity index (χ0) is 15.1. The lowest BCUT2D eigenvalue weighted by atomic mass is 10.3. The van der Waals surface area contributed by atoms with Gasteiger partial charge in [0.2, 0.25) is 11.8 Å². The Morgan fingerprint density at radius 3 is 2.75 bits per heavy atom. The molecule has 7 heteroatoms. The summed E-state index contributed by atoms with van der Waals surface area (Å²) in [7, 11) is 1.65. The fourth-order valence-corrected chi connectivity index (χ4v) is 2.21. The van der Waals surface area contributed by atoms with Gasteiger partial charge in [0.05, 0.1) is 6.54 Å². The number of hydrogen-bond donors (Lipinski definition) is 2. The largest absolute Gasteiger partial charge is 0.478 e. The minimum atomic E-state index is -0.998. The van der Waals surface area contributed by atoms with Crippen LogP contribution < -0.4 is 5.32 Å². The van der Waals surface area contributed by atoms with E-state index < -0.39 is 5.97 Å². The Bertz CT molecular complexity index is 536. The van der Waals surface area contributed by atoms with Crippen LogP contribution in [0.25, 0.3) is 6.08 Å². The van der Waals surface area contributed by atoms with E-state index in [9.17, 15) is 14.4 Å². The van der Waals surface area contributed by atoms with Crippen LogP contribution in [0.4, 0.5) is 0 Å². The van der Waals surface area contributed by atoms with Gasteiger partial charge in [0.15, 0.2) is 0 Å². The number of nitrogens with zero attached hydrogens (tertiary/aromatic N) is 1. The van der Waals surface area contributed by atoms with Crippen LogP contribution >= 0.6 is 11.3 Å². The maximum Gasteiger partial charge on any atom is 0.328 e. The lowest BCUT2D eigenvalue weighted by Crippen LogP contribution is -2.36. The Labute approximate surface area is 120 Å². The molecule has 0 unspecified atom stereocenters.